The number of carbonyl (C=O) groups is 2. The average molecular weight is 288 g/mol. The van der Waals surface area contributed by atoms with Crippen LogP contribution < -0.4 is 10.6 Å². The van der Waals surface area contributed by atoms with Crippen LogP contribution in [0.5, 0.6) is 0 Å². The molecule has 7 heteroatoms. The van der Waals surface area contributed by atoms with E-state index < -0.39 is 29.6 Å². The molecule has 0 aliphatic heterocycles. The number of hydrogen-bond donors (Lipinski definition) is 2. The molecule has 1 atom stereocenters. The van der Waals surface area contributed by atoms with Gasteiger partial charge >= 0.3 is 6.18 Å². The van der Waals surface area contributed by atoms with Gasteiger partial charge in [-0.05, 0) is 31.5 Å². The van der Waals surface area contributed by atoms with Gasteiger partial charge in [-0.2, -0.15) is 13.2 Å². The zero-order valence-electron chi connectivity index (χ0n) is 11.3. The minimum Gasteiger partial charge on any atom is -0.345 e. The van der Waals surface area contributed by atoms with Crippen LogP contribution >= 0.6 is 0 Å². The molecule has 0 saturated carbocycles. The highest BCUT2D eigenvalue weighted by Crippen LogP contribution is 2.33. The summed E-state index contributed by atoms with van der Waals surface area (Å²) in [6.07, 6.45) is -4.48. The first-order valence-corrected chi connectivity index (χ1v) is 5.87. The van der Waals surface area contributed by atoms with Crippen molar-refractivity contribution in [3.63, 3.8) is 0 Å². The Hall–Kier alpha value is -2.05. The lowest BCUT2D eigenvalue weighted by molar-refractivity contribution is -0.138. The van der Waals surface area contributed by atoms with E-state index in [1.807, 2.05) is 0 Å². The van der Waals surface area contributed by atoms with Gasteiger partial charge in [0.1, 0.15) is 6.04 Å². The van der Waals surface area contributed by atoms with Gasteiger partial charge in [0.15, 0.2) is 0 Å². The van der Waals surface area contributed by atoms with Gasteiger partial charge in [0.05, 0.1) is 5.56 Å². The molecular weight excluding hydrogens is 273 g/mol. The van der Waals surface area contributed by atoms with Crippen LogP contribution in [0.4, 0.5) is 18.9 Å². The normalized spacial score (nSPS) is 12.7. The zero-order chi connectivity index (χ0) is 15.5. The summed E-state index contributed by atoms with van der Waals surface area (Å²) in [6, 6.07) is 2.70. The molecule has 2 amide bonds. The van der Waals surface area contributed by atoms with E-state index in [0.29, 0.717) is 0 Å². The molecule has 0 radical (unpaired) electrons. The summed E-state index contributed by atoms with van der Waals surface area (Å²) in [4.78, 5) is 22.5. The molecule has 1 aromatic carbocycles. The SMILES string of the molecule is CC(=O)NC(C)C(=O)Nc1ccc(C)c(C(F)(F)F)c1. The standard InChI is InChI=1S/C13H15F3N2O2/c1-7-4-5-10(6-11(7)13(14,15)16)18-12(20)8(2)17-9(3)19/h4-6,8H,1-3H3,(H,17,19)(H,18,20). The number of halogens is 3. The van der Waals surface area contributed by atoms with Gasteiger partial charge < -0.3 is 10.6 Å². The Morgan fingerprint density at radius 1 is 1.25 bits per heavy atom. The number of carbonyl (C=O) groups excluding carboxylic acids is 2. The van der Waals surface area contributed by atoms with Gasteiger partial charge in [-0.25, -0.2) is 0 Å². The van der Waals surface area contributed by atoms with E-state index in [4.69, 9.17) is 0 Å². The van der Waals surface area contributed by atoms with Crippen molar-refractivity contribution in [3.05, 3.63) is 29.3 Å². The molecule has 0 aromatic heterocycles. The Morgan fingerprint density at radius 3 is 2.35 bits per heavy atom. The monoisotopic (exact) mass is 288 g/mol. The van der Waals surface area contributed by atoms with Crippen LogP contribution in [0, 0.1) is 6.92 Å². The van der Waals surface area contributed by atoms with E-state index in [2.05, 4.69) is 10.6 Å². The van der Waals surface area contributed by atoms with Crippen molar-refractivity contribution in [1.82, 2.24) is 5.32 Å². The first-order valence-electron chi connectivity index (χ1n) is 5.87. The van der Waals surface area contributed by atoms with Gasteiger partial charge in [-0.1, -0.05) is 6.07 Å². The Balaban J connectivity index is 2.89. The zero-order valence-corrected chi connectivity index (χ0v) is 11.3. The molecule has 0 spiro atoms. The quantitative estimate of drug-likeness (QED) is 0.897. The Kier molecular flexibility index (Phi) is 4.75. The van der Waals surface area contributed by atoms with E-state index >= 15 is 0 Å². The fourth-order valence-corrected chi connectivity index (χ4v) is 1.63. The van der Waals surface area contributed by atoms with E-state index in [0.717, 1.165) is 6.07 Å². The molecule has 1 unspecified atom stereocenters. The molecule has 1 rings (SSSR count). The minimum absolute atomic E-state index is 0.0325. The van der Waals surface area contributed by atoms with Gasteiger partial charge in [-0.3, -0.25) is 9.59 Å². The Bertz CT molecular complexity index is 527. The molecule has 110 valence electrons. The lowest BCUT2D eigenvalue weighted by Gasteiger charge is -2.15. The van der Waals surface area contributed by atoms with Crippen molar-refractivity contribution in [2.45, 2.75) is 33.0 Å². The maximum atomic E-state index is 12.7. The topological polar surface area (TPSA) is 58.2 Å². The summed E-state index contributed by atoms with van der Waals surface area (Å²) < 4.78 is 38.2. The summed E-state index contributed by atoms with van der Waals surface area (Å²) in [6.45, 7) is 4.03. The number of benzene rings is 1. The number of nitrogens with one attached hydrogen (secondary N) is 2. The van der Waals surface area contributed by atoms with Crippen LogP contribution in [0.2, 0.25) is 0 Å². The first kappa shape index (κ1) is 16.0. The van der Waals surface area contributed by atoms with Crippen molar-refractivity contribution in [1.29, 1.82) is 0 Å². The number of rotatable bonds is 3. The van der Waals surface area contributed by atoms with Gasteiger partial charge in [0, 0.05) is 12.6 Å². The van der Waals surface area contributed by atoms with Crippen molar-refractivity contribution in [2.75, 3.05) is 5.32 Å². The van der Waals surface area contributed by atoms with E-state index in [1.165, 1.54) is 32.9 Å². The molecule has 0 fully saturated rings. The predicted octanol–water partition coefficient (Wildman–Crippen LogP) is 2.48. The van der Waals surface area contributed by atoms with Gasteiger partial charge in [0.25, 0.3) is 0 Å². The molecule has 0 aliphatic rings. The third-order valence-corrected chi connectivity index (χ3v) is 2.62. The third kappa shape index (κ3) is 4.25. The van der Waals surface area contributed by atoms with Crippen LogP contribution in [-0.4, -0.2) is 17.9 Å². The van der Waals surface area contributed by atoms with Crippen molar-refractivity contribution in [2.24, 2.45) is 0 Å². The maximum absolute atomic E-state index is 12.7. The van der Waals surface area contributed by atoms with E-state index in [9.17, 15) is 22.8 Å². The lowest BCUT2D eigenvalue weighted by atomic mass is 10.1. The molecule has 4 nitrogen and oxygen atoms in total. The summed E-state index contributed by atoms with van der Waals surface area (Å²) in [5.41, 5.74) is -0.696. The minimum atomic E-state index is -4.48. The van der Waals surface area contributed by atoms with E-state index in [1.54, 1.807) is 0 Å². The number of alkyl halides is 3. The fraction of sp³-hybridized carbons (Fsp3) is 0.385. The number of amides is 2. The van der Waals surface area contributed by atoms with Crippen LogP contribution in [-0.2, 0) is 15.8 Å². The summed E-state index contributed by atoms with van der Waals surface area (Å²) >= 11 is 0. The van der Waals surface area contributed by atoms with E-state index in [-0.39, 0.29) is 11.3 Å². The molecule has 2 N–H and O–H groups in total. The Labute approximate surface area is 114 Å². The second-order valence-electron chi connectivity index (χ2n) is 4.44. The average Bonchev–Trinajstić information content (AvgIpc) is 2.29. The summed E-state index contributed by atoms with van der Waals surface area (Å²) in [7, 11) is 0. The van der Waals surface area contributed by atoms with Crippen molar-refractivity contribution >= 4 is 17.5 Å². The summed E-state index contributed by atoms with van der Waals surface area (Å²) in [5.74, 6) is -0.982. The highest BCUT2D eigenvalue weighted by Gasteiger charge is 2.32. The maximum Gasteiger partial charge on any atom is 0.416 e. The second-order valence-corrected chi connectivity index (χ2v) is 4.44. The molecule has 0 aliphatic carbocycles. The van der Waals surface area contributed by atoms with Crippen LogP contribution in [0.3, 0.4) is 0 Å². The first-order chi connectivity index (χ1) is 9.11. The number of aryl methyl sites for hydroxylation is 1. The van der Waals surface area contributed by atoms with Crippen LogP contribution in [0.1, 0.15) is 25.0 Å². The van der Waals surface area contributed by atoms with Crippen molar-refractivity contribution < 1.29 is 22.8 Å². The third-order valence-electron chi connectivity index (χ3n) is 2.62. The largest absolute Gasteiger partial charge is 0.416 e. The highest BCUT2D eigenvalue weighted by molar-refractivity contribution is 5.96. The molecule has 1 aromatic rings. The van der Waals surface area contributed by atoms with Crippen LogP contribution in [0.15, 0.2) is 18.2 Å². The second kappa shape index (κ2) is 5.94. The predicted molar refractivity (Wildman–Crippen MR) is 68.1 cm³/mol. The number of anilines is 1. The lowest BCUT2D eigenvalue weighted by Crippen LogP contribution is -2.40. The Morgan fingerprint density at radius 2 is 1.85 bits per heavy atom. The molecule has 0 heterocycles. The van der Waals surface area contributed by atoms with Gasteiger partial charge in [0.2, 0.25) is 11.8 Å². The van der Waals surface area contributed by atoms with Crippen molar-refractivity contribution in [3.8, 4) is 0 Å². The molecule has 20 heavy (non-hydrogen) atoms. The molecule has 0 bridgehead atoms. The molecular formula is C13H15F3N2O2. The van der Waals surface area contributed by atoms with Gasteiger partial charge in [-0.15, -0.1) is 0 Å². The molecule has 0 saturated heterocycles. The fourth-order valence-electron chi connectivity index (χ4n) is 1.63. The summed E-state index contributed by atoms with van der Waals surface area (Å²) in [5, 5.41) is 4.68. The van der Waals surface area contributed by atoms with Crippen LogP contribution in [0.25, 0.3) is 0 Å². The number of hydrogen-bond acceptors (Lipinski definition) is 2. The smallest absolute Gasteiger partial charge is 0.345 e. The highest BCUT2D eigenvalue weighted by atomic mass is 19.4.